The van der Waals surface area contributed by atoms with Crippen molar-refractivity contribution in [3.63, 3.8) is 0 Å². The molecule has 238 valence electrons. The summed E-state index contributed by atoms with van der Waals surface area (Å²) in [7, 11) is 0. The maximum Gasteiger partial charge on any atom is 0.441 e. The number of nitro groups is 2. The number of nitrogens with zero attached hydrogens (tertiary/aromatic N) is 5. The number of nitro benzene ring substituents is 2. The Morgan fingerprint density at radius 2 is 1.47 bits per heavy atom. The fraction of sp³-hybridized carbons (Fsp3) is 0.414. The number of unbranched alkanes of at least 4 members (excludes halogenated alkanes) is 1. The third kappa shape index (κ3) is 8.32. The molecule has 0 bridgehead atoms. The SMILES string of the molecule is CCCCN(C(=O)OCc1ccc([N+](=O)[O-])cc1)[C@H](C)[C@H]1C(=O)N[C@@H]1[C@@H](C)C(=O)C(=[N+]=[N-])C(=O)OCc1ccc([N+](=O)[O-])cc1. The molecule has 16 heteroatoms. The van der Waals surface area contributed by atoms with Crippen LogP contribution in [-0.2, 0) is 37.1 Å². The van der Waals surface area contributed by atoms with Gasteiger partial charge in [0.1, 0.15) is 13.2 Å². The molecule has 0 aliphatic carbocycles. The number of Topliss-reactive ketones (excluding diaryl/α,β-unsaturated/α-hetero) is 1. The van der Waals surface area contributed by atoms with Gasteiger partial charge in [0.2, 0.25) is 5.91 Å². The first-order valence-corrected chi connectivity index (χ1v) is 14.0. The quantitative estimate of drug-likeness (QED) is 0.0444. The minimum Gasteiger partial charge on any atom is -0.452 e. The number of hydrogen-bond donors (Lipinski definition) is 1. The highest BCUT2D eigenvalue weighted by atomic mass is 16.6. The van der Waals surface area contributed by atoms with Crippen LogP contribution in [0.5, 0.6) is 0 Å². The molecule has 16 nitrogen and oxygen atoms in total. The van der Waals surface area contributed by atoms with Crippen molar-refractivity contribution in [1.82, 2.24) is 10.2 Å². The van der Waals surface area contributed by atoms with Crippen molar-refractivity contribution in [3.05, 3.63) is 85.4 Å². The fourth-order valence-corrected chi connectivity index (χ4v) is 4.80. The molecule has 0 spiro atoms. The smallest absolute Gasteiger partial charge is 0.441 e. The van der Waals surface area contributed by atoms with E-state index in [4.69, 9.17) is 9.47 Å². The molecule has 45 heavy (non-hydrogen) atoms. The van der Waals surface area contributed by atoms with Crippen molar-refractivity contribution >= 4 is 40.8 Å². The van der Waals surface area contributed by atoms with Gasteiger partial charge >= 0.3 is 17.8 Å². The molecule has 1 saturated heterocycles. The molecule has 3 rings (SSSR count). The predicted molar refractivity (Wildman–Crippen MR) is 155 cm³/mol. The zero-order valence-electron chi connectivity index (χ0n) is 24.8. The summed E-state index contributed by atoms with van der Waals surface area (Å²) in [5, 5.41) is 24.3. The van der Waals surface area contributed by atoms with E-state index in [0.717, 1.165) is 6.42 Å². The molecule has 0 aromatic heterocycles. The molecule has 0 saturated carbocycles. The van der Waals surface area contributed by atoms with Crippen LogP contribution in [0.2, 0.25) is 0 Å². The second kappa shape index (κ2) is 15.3. The zero-order valence-corrected chi connectivity index (χ0v) is 24.8. The molecule has 1 N–H and O–H groups in total. The van der Waals surface area contributed by atoms with Crippen LogP contribution >= 0.6 is 0 Å². The fourth-order valence-electron chi connectivity index (χ4n) is 4.80. The topological polar surface area (TPSA) is 225 Å². The van der Waals surface area contributed by atoms with Gasteiger partial charge in [-0.1, -0.05) is 20.3 Å². The van der Waals surface area contributed by atoms with E-state index < -0.39 is 63.2 Å². The number of ketones is 1. The Morgan fingerprint density at radius 1 is 0.956 bits per heavy atom. The van der Waals surface area contributed by atoms with Gasteiger partial charge < -0.3 is 25.2 Å². The van der Waals surface area contributed by atoms with Gasteiger partial charge in [-0.3, -0.25) is 29.8 Å². The number of nitrogens with one attached hydrogen (secondary N) is 1. The lowest BCUT2D eigenvalue weighted by Crippen LogP contribution is -2.68. The first-order chi connectivity index (χ1) is 21.4. The number of non-ortho nitro benzene ring substituents is 2. The van der Waals surface area contributed by atoms with Crippen LogP contribution in [0.25, 0.3) is 5.53 Å². The molecule has 1 aliphatic rings. The number of ether oxygens (including phenoxy) is 2. The third-order valence-corrected chi connectivity index (χ3v) is 7.50. The molecule has 4 atom stereocenters. The summed E-state index contributed by atoms with van der Waals surface area (Å²) in [6.45, 7) is 4.71. The monoisotopic (exact) mass is 624 g/mol. The van der Waals surface area contributed by atoms with Crippen molar-refractivity contribution in [2.75, 3.05) is 6.54 Å². The lowest BCUT2D eigenvalue weighted by molar-refractivity contribution is -0.385. The van der Waals surface area contributed by atoms with E-state index in [2.05, 4.69) is 10.1 Å². The summed E-state index contributed by atoms with van der Waals surface area (Å²) in [6, 6.07) is 9.10. The van der Waals surface area contributed by atoms with Crippen LogP contribution in [0.3, 0.4) is 0 Å². The molecule has 2 amide bonds. The van der Waals surface area contributed by atoms with E-state index in [-0.39, 0.29) is 31.1 Å². The summed E-state index contributed by atoms with van der Waals surface area (Å²) in [5.41, 5.74) is 9.20. The number of β-lactam (4-membered cyclic amide) rings is 1. The van der Waals surface area contributed by atoms with Crippen LogP contribution < -0.4 is 5.32 Å². The summed E-state index contributed by atoms with van der Waals surface area (Å²) < 4.78 is 10.5. The normalized spacial score (nSPS) is 16.6. The second-order valence-corrected chi connectivity index (χ2v) is 10.4. The van der Waals surface area contributed by atoms with Crippen LogP contribution in [0.1, 0.15) is 44.7 Å². The van der Waals surface area contributed by atoms with Gasteiger partial charge in [0.25, 0.3) is 17.2 Å². The maximum atomic E-state index is 13.2. The lowest BCUT2D eigenvalue weighted by atomic mass is 9.75. The van der Waals surface area contributed by atoms with Crippen molar-refractivity contribution in [3.8, 4) is 0 Å². The first-order valence-electron chi connectivity index (χ1n) is 14.0. The maximum absolute atomic E-state index is 13.2. The molecular formula is C29H32N6O10. The number of amides is 2. The Bertz CT molecular complexity index is 1500. The van der Waals surface area contributed by atoms with Crippen LogP contribution in [0, 0.1) is 32.1 Å². The highest BCUT2D eigenvalue weighted by Crippen LogP contribution is 2.30. The van der Waals surface area contributed by atoms with Crippen molar-refractivity contribution in [2.45, 2.75) is 58.9 Å². The van der Waals surface area contributed by atoms with Crippen LogP contribution in [0.15, 0.2) is 48.5 Å². The first kappa shape index (κ1) is 34.0. The number of carbonyl (C=O) groups excluding carboxylic acids is 4. The summed E-state index contributed by atoms with van der Waals surface area (Å²) in [5.74, 6) is -4.50. The van der Waals surface area contributed by atoms with Crippen molar-refractivity contribution in [2.24, 2.45) is 11.8 Å². The summed E-state index contributed by atoms with van der Waals surface area (Å²) in [6.07, 6.45) is 0.595. The van der Waals surface area contributed by atoms with E-state index in [9.17, 15) is 44.9 Å². The number of esters is 1. The van der Waals surface area contributed by atoms with Gasteiger partial charge in [0, 0.05) is 42.8 Å². The molecular weight excluding hydrogens is 592 g/mol. The Labute approximate surface area is 257 Å². The zero-order chi connectivity index (χ0) is 33.3. The van der Waals surface area contributed by atoms with Crippen molar-refractivity contribution < 1.29 is 43.3 Å². The molecule has 1 fully saturated rings. The molecule has 0 unspecified atom stereocenters. The van der Waals surface area contributed by atoms with E-state index in [1.807, 2.05) is 6.92 Å². The average molecular weight is 625 g/mol. The summed E-state index contributed by atoms with van der Waals surface area (Å²) in [4.78, 5) is 76.4. The van der Waals surface area contributed by atoms with Gasteiger partial charge in [0.15, 0.2) is 0 Å². The van der Waals surface area contributed by atoms with Gasteiger partial charge in [-0.15, -0.1) is 0 Å². The standard InChI is InChI=1S/C29H32N6O10/c1-4-5-14-33(29(39)45-16-20-8-12-22(13-9-20)35(42)43)18(3)23-24(31-27(23)37)17(2)26(36)25(32-30)28(38)44-15-19-6-10-21(11-7-19)34(40)41/h6-13,17-18,23-24H,4-5,14-16H2,1-3H3,(H,31,37)/t17-,18-,23-,24-/m1/s1. The lowest BCUT2D eigenvalue weighted by Gasteiger charge is -2.45. The predicted octanol–water partition coefficient (Wildman–Crippen LogP) is 3.36. The van der Waals surface area contributed by atoms with Gasteiger partial charge in [0.05, 0.1) is 21.8 Å². The number of benzene rings is 2. The Morgan fingerprint density at radius 3 is 1.91 bits per heavy atom. The molecule has 2 aromatic carbocycles. The number of rotatable bonds is 15. The largest absolute Gasteiger partial charge is 0.452 e. The molecule has 0 radical (unpaired) electrons. The third-order valence-electron chi connectivity index (χ3n) is 7.50. The van der Waals surface area contributed by atoms with E-state index in [1.54, 1.807) is 6.92 Å². The van der Waals surface area contributed by atoms with Gasteiger partial charge in [-0.2, -0.15) is 4.79 Å². The highest BCUT2D eigenvalue weighted by Gasteiger charge is 2.52. The molecule has 1 heterocycles. The molecule has 2 aromatic rings. The average Bonchev–Trinajstić information content (AvgIpc) is 3.01. The van der Waals surface area contributed by atoms with Crippen LogP contribution in [0.4, 0.5) is 16.2 Å². The Balaban J connectivity index is 1.66. The summed E-state index contributed by atoms with van der Waals surface area (Å²) >= 11 is 0. The van der Waals surface area contributed by atoms with E-state index >= 15 is 0 Å². The van der Waals surface area contributed by atoms with E-state index in [0.29, 0.717) is 17.5 Å². The van der Waals surface area contributed by atoms with Crippen LogP contribution in [-0.4, -0.2) is 67.6 Å². The molecule has 1 aliphatic heterocycles. The van der Waals surface area contributed by atoms with E-state index in [1.165, 1.54) is 60.4 Å². The second-order valence-electron chi connectivity index (χ2n) is 10.4. The number of hydrogen-bond acceptors (Lipinski definition) is 10. The Hall–Kier alpha value is -5.50. The number of carbonyl (C=O) groups is 4. The van der Waals surface area contributed by atoms with Gasteiger partial charge in [-0.25, -0.2) is 9.59 Å². The minimum atomic E-state index is -1.23. The van der Waals surface area contributed by atoms with Crippen molar-refractivity contribution in [1.29, 1.82) is 0 Å². The Kier molecular flexibility index (Phi) is 11.6. The highest BCUT2D eigenvalue weighted by molar-refractivity contribution is 6.62. The minimum absolute atomic E-state index is 0.110. The van der Waals surface area contributed by atoms with Gasteiger partial charge in [-0.05, 0) is 48.7 Å².